The summed E-state index contributed by atoms with van der Waals surface area (Å²) >= 11 is 15.0. The maximum atomic E-state index is 13.6. The molecular formula is C14H8BrCl2FN2. The highest BCUT2D eigenvalue weighted by Gasteiger charge is 2.14. The fourth-order valence-corrected chi connectivity index (χ4v) is 2.73. The van der Waals surface area contributed by atoms with Crippen LogP contribution in [0.5, 0.6) is 0 Å². The van der Waals surface area contributed by atoms with Gasteiger partial charge in [0.25, 0.3) is 0 Å². The summed E-state index contributed by atoms with van der Waals surface area (Å²) in [6, 6.07) is 10.4. The third-order valence-corrected chi connectivity index (χ3v) is 4.07. The summed E-state index contributed by atoms with van der Waals surface area (Å²) < 4.78 is 15.9. The summed E-state index contributed by atoms with van der Waals surface area (Å²) in [4.78, 5) is 4.37. The first kappa shape index (κ1) is 13.9. The molecule has 0 N–H and O–H groups in total. The van der Waals surface area contributed by atoms with Crippen molar-refractivity contribution in [2.45, 2.75) is 5.88 Å². The Hall–Kier alpha value is -1.10. The van der Waals surface area contributed by atoms with Gasteiger partial charge in [-0.1, -0.05) is 11.6 Å². The molecular weight excluding hydrogens is 366 g/mol. The van der Waals surface area contributed by atoms with Crippen molar-refractivity contribution in [1.29, 1.82) is 0 Å². The third-order valence-electron chi connectivity index (χ3n) is 2.97. The summed E-state index contributed by atoms with van der Waals surface area (Å²) in [6.45, 7) is 0. The lowest BCUT2D eigenvalue weighted by Crippen LogP contribution is -1.99. The van der Waals surface area contributed by atoms with Crippen LogP contribution >= 0.6 is 39.1 Å². The molecule has 0 aliphatic heterocycles. The van der Waals surface area contributed by atoms with Crippen molar-refractivity contribution in [1.82, 2.24) is 9.55 Å². The second kappa shape index (κ2) is 5.35. The molecule has 0 radical (unpaired) electrons. The zero-order chi connectivity index (χ0) is 14.3. The largest absolute Gasteiger partial charge is 0.295 e. The van der Waals surface area contributed by atoms with Gasteiger partial charge in [0.05, 0.1) is 21.4 Å². The molecule has 0 bridgehead atoms. The predicted molar refractivity (Wildman–Crippen MR) is 83.3 cm³/mol. The van der Waals surface area contributed by atoms with E-state index in [1.165, 1.54) is 6.07 Å². The van der Waals surface area contributed by atoms with Crippen LogP contribution < -0.4 is 0 Å². The van der Waals surface area contributed by atoms with E-state index in [1.54, 1.807) is 18.2 Å². The van der Waals surface area contributed by atoms with Crippen LogP contribution in [0.25, 0.3) is 16.7 Å². The highest BCUT2D eigenvalue weighted by molar-refractivity contribution is 9.10. The number of imidazole rings is 1. The fraction of sp³-hybridized carbons (Fsp3) is 0.0714. The SMILES string of the molecule is Fc1cc2nc(CCl)n(-c3ccc(Cl)cc3)c2cc1Br. The minimum atomic E-state index is -0.348. The zero-order valence-electron chi connectivity index (χ0n) is 10.1. The Morgan fingerprint density at radius 2 is 1.90 bits per heavy atom. The Morgan fingerprint density at radius 3 is 2.55 bits per heavy atom. The van der Waals surface area contributed by atoms with E-state index in [0.717, 1.165) is 11.2 Å². The number of nitrogens with zero attached hydrogens (tertiary/aromatic N) is 2. The number of hydrogen-bond donors (Lipinski definition) is 0. The lowest BCUT2D eigenvalue weighted by Gasteiger charge is -2.08. The second-order valence-electron chi connectivity index (χ2n) is 4.23. The maximum Gasteiger partial charge on any atom is 0.139 e. The van der Waals surface area contributed by atoms with Crippen LogP contribution in [0, 0.1) is 5.82 Å². The molecule has 2 nitrogen and oxygen atoms in total. The first-order chi connectivity index (χ1) is 9.60. The number of aromatic nitrogens is 2. The average Bonchev–Trinajstić information content (AvgIpc) is 2.78. The number of rotatable bonds is 2. The lowest BCUT2D eigenvalue weighted by molar-refractivity contribution is 0.623. The molecule has 0 saturated heterocycles. The molecule has 0 atom stereocenters. The van der Waals surface area contributed by atoms with Crippen molar-refractivity contribution >= 4 is 50.2 Å². The standard InChI is InChI=1S/C14H8BrCl2FN2/c15-10-5-13-12(6-11(10)18)19-14(7-16)20(13)9-3-1-8(17)2-4-9/h1-6H,7H2. The minimum Gasteiger partial charge on any atom is -0.295 e. The van der Waals surface area contributed by atoms with Gasteiger partial charge in [-0.25, -0.2) is 9.37 Å². The van der Waals surface area contributed by atoms with Gasteiger partial charge in [-0.05, 0) is 46.3 Å². The number of benzene rings is 2. The van der Waals surface area contributed by atoms with E-state index >= 15 is 0 Å². The molecule has 0 aliphatic carbocycles. The van der Waals surface area contributed by atoms with Gasteiger partial charge < -0.3 is 0 Å². The molecule has 102 valence electrons. The highest BCUT2D eigenvalue weighted by atomic mass is 79.9. The van der Waals surface area contributed by atoms with Gasteiger partial charge in [-0.15, -0.1) is 11.6 Å². The molecule has 6 heteroatoms. The summed E-state index contributed by atoms with van der Waals surface area (Å²) in [5.41, 5.74) is 2.23. The summed E-state index contributed by atoms with van der Waals surface area (Å²) in [5, 5.41) is 0.651. The van der Waals surface area contributed by atoms with E-state index in [4.69, 9.17) is 23.2 Å². The lowest BCUT2D eigenvalue weighted by atomic mass is 10.2. The van der Waals surface area contributed by atoms with Gasteiger partial charge in [0.15, 0.2) is 0 Å². The molecule has 0 aliphatic rings. The summed E-state index contributed by atoms with van der Waals surface area (Å²) in [5.74, 6) is 0.539. The number of halogens is 4. The Morgan fingerprint density at radius 1 is 1.20 bits per heavy atom. The molecule has 0 amide bonds. The molecule has 2 aromatic carbocycles. The molecule has 0 saturated carbocycles. The molecule has 3 rings (SSSR count). The van der Waals surface area contributed by atoms with Gasteiger partial charge >= 0.3 is 0 Å². The van der Waals surface area contributed by atoms with E-state index in [-0.39, 0.29) is 11.7 Å². The maximum absolute atomic E-state index is 13.6. The quantitative estimate of drug-likeness (QED) is 0.556. The van der Waals surface area contributed by atoms with Gasteiger partial charge in [0.2, 0.25) is 0 Å². The van der Waals surface area contributed by atoms with Crippen molar-refractivity contribution < 1.29 is 4.39 Å². The molecule has 1 heterocycles. The fourth-order valence-electron chi connectivity index (χ4n) is 2.09. The summed E-state index contributed by atoms with van der Waals surface area (Å²) in [6.07, 6.45) is 0. The molecule has 0 spiro atoms. The monoisotopic (exact) mass is 372 g/mol. The molecule has 3 aromatic rings. The van der Waals surface area contributed by atoms with Crippen molar-refractivity contribution in [2.24, 2.45) is 0 Å². The molecule has 0 unspecified atom stereocenters. The van der Waals surface area contributed by atoms with Crippen molar-refractivity contribution in [3.8, 4) is 5.69 Å². The van der Waals surface area contributed by atoms with Crippen LogP contribution in [0.1, 0.15) is 5.82 Å². The number of alkyl halides is 1. The normalized spacial score (nSPS) is 11.2. The Bertz CT molecular complexity index is 784. The first-order valence-corrected chi connectivity index (χ1v) is 7.49. The van der Waals surface area contributed by atoms with Crippen LogP contribution in [-0.4, -0.2) is 9.55 Å². The van der Waals surface area contributed by atoms with Gasteiger partial charge in [-0.2, -0.15) is 0 Å². The van der Waals surface area contributed by atoms with E-state index in [1.807, 2.05) is 16.7 Å². The minimum absolute atomic E-state index is 0.233. The van der Waals surface area contributed by atoms with Crippen LogP contribution in [0.2, 0.25) is 5.02 Å². The molecule has 0 fully saturated rings. The van der Waals surface area contributed by atoms with Crippen LogP contribution in [0.4, 0.5) is 4.39 Å². The van der Waals surface area contributed by atoms with Gasteiger partial charge in [0.1, 0.15) is 11.6 Å². The Labute approximate surface area is 133 Å². The molecule has 1 aromatic heterocycles. The molecule has 20 heavy (non-hydrogen) atoms. The third kappa shape index (κ3) is 2.32. The van der Waals surface area contributed by atoms with E-state index in [2.05, 4.69) is 20.9 Å². The van der Waals surface area contributed by atoms with Crippen LogP contribution in [-0.2, 0) is 5.88 Å². The topological polar surface area (TPSA) is 17.8 Å². The predicted octanol–water partition coefficient (Wildman–Crippen LogP) is 5.32. The summed E-state index contributed by atoms with van der Waals surface area (Å²) in [7, 11) is 0. The number of fused-ring (bicyclic) bond motifs is 1. The zero-order valence-corrected chi connectivity index (χ0v) is 13.2. The Kier molecular flexibility index (Phi) is 3.71. The first-order valence-electron chi connectivity index (χ1n) is 5.78. The van der Waals surface area contributed by atoms with E-state index in [9.17, 15) is 4.39 Å². The smallest absolute Gasteiger partial charge is 0.139 e. The second-order valence-corrected chi connectivity index (χ2v) is 5.79. The van der Waals surface area contributed by atoms with Gasteiger partial charge in [0, 0.05) is 16.8 Å². The Balaban J connectivity index is 2.32. The van der Waals surface area contributed by atoms with Crippen molar-refractivity contribution in [3.05, 3.63) is 57.5 Å². The van der Waals surface area contributed by atoms with Crippen molar-refractivity contribution in [3.63, 3.8) is 0 Å². The van der Waals surface area contributed by atoms with Gasteiger partial charge in [-0.3, -0.25) is 4.57 Å². The van der Waals surface area contributed by atoms with Crippen LogP contribution in [0.3, 0.4) is 0 Å². The van der Waals surface area contributed by atoms with Crippen molar-refractivity contribution in [2.75, 3.05) is 0 Å². The highest BCUT2D eigenvalue weighted by Crippen LogP contribution is 2.28. The van der Waals surface area contributed by atoms with Crippen LogP contribution in [0.15, 0.2) is 40.9 Å². The average molecular weight is 374 g/mol. The van der Waals surface area contributed by atoms with E-state index < -0.39 is 0 Å². The number of hydrogen-bond acceptors (Lipinski definition) is 1. The van der Waals surface area contributed by atoms with E-state index in [0.29, 0.717) is 20.8 Å².